The first-order valence-corrected chi connectivity index (χ1v) is 5.29. The van der Waals surface area contributed by atoms with Crippen molar-refractivity contribution in [2.45, 2.75) is 38.7 Å². The lowest BCUT2D eigenvalue weighted by Crippen LogP contribution is -2.40. The molecule has 3 nitrogen and oxygen atoms in total. The van der Waals surface area contributed by atoms with Gasteiger partial charge in [0.2, 0.25) is 0 Å². The summed E-state index contributed by atoms with van der Waals surface area (Å²) in [7, 11) is 1.59. The van der Waals surface area contributed by atoms with E-state index >= 15 is 0 Å². The summed E-state index contributed by atoms with van der Waals surface area (Å²) in [5.41, 5.74) is -0.646. The fourth-order valence-corrected chi connectivity index (χ4v) is 1.78. The number of hydrogen-bond acceptors (Lipinski definition) is 3. The largest absolute Gasteiger partial charge is 0.469 e. The van der Waals surface area contributed by atoms with E-state index < -0.39 is 5.60 Å². The van der Waals surface area contributed by atoms with Crippen LogP contribution in [0.5, 0.6) is 0 Å². The number of Topliss-reactive ketones (excluding diaryl/α,β-unsaturated/α-hetero) is 1. The standard InChI is InChI=1S/C12H18O3/c1-4-12(5-2,14-3)11(13)9-10-7-6-8-15-10/h6-8H,4-5,9H2,1-3H3. The van der Waals surface area contributed by atoms with Gasteiger partial charge in [-0.05, 0) is 25.0 Å². The number of ketones is 1. The molecule has 1 aromatic rings. The van der Waals surface area contributed by atoms with Gasteiger partial charge in [-0.15, -0.1) is 0 Å². The number of furan rings is 1. The molecule has 1 heterocycles. The molecule has 0 spiro atoms. The molecule has 0 atom stereocenters. The van der Waals surface area contributed by atoms with Crippen LogP contribution in [0.1, 0.15) is 32.4 Å². The number of carbonyl (C=O) groups excluding carboxylic acids is 1. The Morgan fingerprint density at radius 2 is 2.13 bits per heavy atom. The van der Waals surface area contributed by atoms with Gasteiger partial charge in [0.25, 0.3) is 0 Å². The van der Waals surface area contributed by atoms with E-state index in [1.807, 2.05) is 19.9 Å². The van der Waals surface area contributed by atoms with Crippen LogP contribution in [0.2, 0.25) is 0 Å². The summed E-state index contributed by atoms with van der Waals surface area (Å²) in [6.45, 7) is 3.93. The molecule has 1 rings (SSSR count). The molecule has 0 aliphatic heterocycles. The maximum Gasteiger partial charge on any atom is 0.172 e. The lowest BCUT2D eigenvalue weighted by Gasteiger charge is -2.28. The Labute approximate surface area is 90.4 Å². The summed E-state index contributed by atoms with van der Waals surface area (Å²) in [5.74, 6) is 0.785. The number of methoxy groups -OCH3 is 1. The fourth-order valence-electron chi connectivity index (χ4n) is 1.78. The molecule has 0 amide bonds. The second-order valence-corrected chi connectivity index (χ2v) is 3.58. The quantitative estimate of drug-likeness (QED) is 0.724. The van der Waals surface area contributed by atoms with Crippen molar-refractivity contribution in [2.24, 2.45) is 0 Å². The van der Waals surface area contributed by atoms with Gasteiger partial charge in [0, 0.05) is 7.11 Å². The van der Waals surface area contributed by atoms with E-state index in [1.165, 1.54) is 0 Å². The van der Waals surface area contributed by atoms with Gasteiger partial charge in [-0.1, -0.05) is 13.8 Å². The van der Waals surface area contributed by atoms with E-state index in [4.69, 9.17) is 9.15 Å². The predicted octanol–water partition coefficient (Wildman–Crippen LogP) is 2.60. The van der Waals surface area contributed by atoms with Crippen molar-refractivity contribution in [1.82, 2.24) is 0 Å². The van der Waals surface area contributed by atoms with E-state index in [0.717, 1.165) is 0 Å². The molecule has 0 aliphatic rings. The van der Waals surface area contributed by atoms with Crippen LogP contribution in [0.25, 0.3) is 0 Å². The molecule has 0 N–H and O–H groups in total. The fraction of sp³-hybridized carbons (Fsp3) is 0.583. The maximum atomic E-state index is 12.0. The Balaban J connectivity index is 2.73. The highest BCUT2D eigenvalue weighted by atomic mass is 16.5. The molecule has 1 aromatic heterocycles. The summed E-state index contributed by atoms with van der Waals surface area (Å²) in [5, 5.41) is 0. The van der Waals surface area contributed by atoms with Gasteiger partial charge >= 0.3 is 0 Å². The van der Waals surface area contributed by atoms with Crippen molar-refractivity contribution < 1.29 is 13.9 Å². The Kier molecular flexibility index (Phi) is 4.09. The van der Waals surface area contributed by atoms with E-state index in [9.17, 15) is 4.79 Å². The maximum absolute atomic E-state index is 12.0. The zero-order valence-corrected chi connectivity index (χ0v) is 9.58. The monoisotopic (exact) mass is 210 g/mol. The van der Waals surface area contributed by atoms with Crippen molar-refractivity contribution in [3.63, 3.8) is 0 Å². The van der Waals surface area contributed by atoms with Crippen molar-refractivity contribution in [3.05, 3.63) is 24.2 Å². The van der Waals surface area contributed by atoms with Crippen molar-refractivity contribution in [1.29, 1.82) is 0 Å². The number of carbonyl (C=O) groups is 1. The molecule has 0 radical (unpaired) electrons. The first-order chi connectivity index (χ1) is 7.18. The van der Waals surface area contributed by atoms with E-state index in [0.29, 0.717) is 25.0 Å². The van der Waals surface area contributed by atoms with Crippen LogP contribution >= 0.6 is 0 Å². The second-order valence-electron chi connectivity index (χ2n) is 3.58. The summed E-state index contributed by atoms with van der Waals surface area (Å²) in [6.07, 6.45) is 3.27. The molecule has 0 saturated carbocycles. The summed E-state index contributed by atoms with van der Waals surface area (Å²) >= 11 is 0. The minimum atomic E-state index is -0.646. The molecular weight excluding hydrogens is 192 g/mol. The Morgan fingerprint density at radius 1 is 1.47 bits per heavy atom. The highest BCUT2D eigenvalue weighted by Gasteiger charge is 2.34. The summed E-state index contributed by atoms with van der Waals surface area (Å²) in [4.78, 5) is 12.0. The van der Waals surface area contributed by atoms with Gasteiger partial charge in [0.15, 0.2) is 5.78 Å². The summed E-state index contributed by atoms with van der Waals surface area (Å²) in [6, 6.07) is 3.60. The van der Waals surface area contributed by atoms with Crippen molar-refractivity contribution >= 4 is 5.78 Å². The van der Waals surface area contributed by atoms with Gasteiger partial charge in [-0.2, -0.15) is 0 Å². The number of ether oxygens (including phenoxy) is 1. The topological polar surface area (TPSA) is 39.4 Å². The zero-order chi connectivity index (χ0) is 11.3. The molecule has 0 bridgehead atoms. The first-order valence-electron chi connectivity index (χ1n) is 5.29. The molecule has 15 heavy (non-hydrogen) atoms. The molecule has 0 unspecified atom stereocenters. The molecular formula is C12H18O3. The SMILES string of the molecule is CCC(CC)(OC)C(=O)Cc1ccco1. The third kappa shape index (κ3) is 2.48. The summed E-state index contributed by atoms with van der Waals surface area (Å²) < 4.78 is 10.5. The molecule has 0 aromatic carbocycles. The Bertz CT molecular complexity index is 288. The van der Waals surface area contributed by atoms with Crippen molar-refractivity contribution in [2.75, 3.05) is 7.11 Å². The van der Waals surface area contributed by atoms with Crippen molar-refractivity contribution in [3.8, 4) is 0 Å². The van der Waals surface area contributed by atoms with E-state index in [-0.39, 0.29) is 5.78 Å². The van der Waals surface area contributed by atoms with Gasteiger partial charge in [0.05, 0.1) is 12.7 Å². The normalized spacial score (nSPS) is 11.7. The highest BCUT2D eigenvalue weighted by Crippen LogP contribution is 2.22. The average molecular weight is 210 g/mol. The van der Waals surface area contributed by atoms with Crippen LogP contribution in [0, 0.1) is 0 Å². The lowest BCUT2D eigenvalue weighted by molar-refractivity contribution is -0.141. The van der Waals surface area contributed by atoms with E-state index in [2.05, 4.69) is 0 Å². The minimum absolute atomic E-state index is 0.0879. The predicted molar refractivity (Wildman–Crippen MR) is 57.7 cm³/mol. The molecule has 0 aliphatic carbocycles. The lowest BCUT2D eigenvalue weighted by atomic mass is 9.89. The smallest absolute Gasteiger partial charge is 0.172 e. The number of rotatable bonds is 6. The van der Waals surface area contributed by atoms with Crippen LogP contribution in [0.3, 0.4) is 0 Å². The first kappa shape index (κ1) is 12.0. The van der Waals surface area contributed by atoms with Gasteiger partial charge in [-0.3, -0.25) is 4.79 Å². The van der Waals surface area contributed by atoms with Crippen LogP contribution in [0.15, 0.2) is 22.8 Å². The zero-order valence-electron chi connectivity index (χ0n) is 9.58. The van der Waals surface area contributed by atoms with E-state index in [1.54, 1.807) is 19.4 Å². The second kappa shape index (κ2) is 5.12. The molecule has 84 valence electrons. The molecule has 0 saturated heterocycles. The third-order valence-corrected chi connectivity index (χ3v) is 2.96. The Morgan fingerprint density at radius 3 is 2.53 bits per heavy atom. The van der Waals surface area contributed by atoms with Crippen LogP contribution in [0.4, 0.5) is 0 Å². The van der Waals surface area contributed by atoms with Gasteiger partial charge in [0.1, 0.15) is 11.4 Å². The average Bonchev–Trinajstić information content (AvgIpc) is 2.74. The highest BCUT2D eigenvalue weighted by molar-refractivity contribution is 5.88. The molecule has 3 heteroatoms. The van der Waals surface area contributed by atoms with Gasteiger partial charge in [-0.25, -0.2) is 0 Å². The third-order valence-electron chi connectivity index (χ3n) is 2.96. The Hall–Kier alpha value is -1.09. The number of hydrogen-bond donors (Lipinski definition) is 0. The molecule has 0 fully saturated rings. The van der Waals surface area contributed by atoms with Crippen LogP contribution < -0.4 is 0 Å². The van der Waals surface area contributed by atoms with Gasteiger partial charge < -0.3 is 9.15 Å². The minimum Gasteiger partial charge on any atom is -0.469 e. The van der Waals surface area contributed by atoms with Crippen LogP contribution in [-0.4, -0.2) is 18.5 Å². The van der Waals surface area contributed by atoms with Crippen LogP contribution in [-0.2, 0) is 16.0 Å².